The van der Waals surface area contributed by atoms with Crippen LogP contribution in [0.3, 0.4) is 0 Å². The highest BCUT2D eigenvalue weighted by Gasteiger charge is 2.25. The Bertz CT molecular complexity index is 754. The molecule has 8 heteroatoms. The molecule has 0 spiro atoms. The van der Waals surface area contributed by atoms with Gasteiger partial charge in [0.25, 0.3) is 11.8 Å². The minimum atomic E-state index is -1.40. The van der Waals surface area contributed by atoms with Crippen LogP contribution in [0.2, 0.25) is 0 Å². The molecule has 0 aromatic heterocycles. The van der Waals surface area contributed by atoms with E-state index in [9.17, 15) is 29.4 Å². The Balaban J connectivity index is 2.84. The van der Waals surface area contributed by atoms with Gasteiger partial charge in [-0.05, 0) is 25.0 Å². The average molecular weight is 477 g/mol. The zero-order valence-corrected chi connectivity index (χ0v) is 20.6. The fraction of sp³-hybridized carbons (Fsp3) is 0.615. The van der Waals surface area contributed by atoms with Crippen LogP contribution < -0.4 is 10.6 Å². The standard InChI is InChI=1S/C26H40N2O6/c1-3-5-7-9-11-13-15-27-23(29)19-17-22(26(33)34)20(18-21(19)25(31)32)24(30)28-16-14-12-10-8-6-4-2/h17-18H,3-16H2,1-2H3,(H,27,29)(H,28,30)(H,31,32)(H,33,34). The van der Waals surface area contributed by atoms with Crippen molar-refractivity contribution >= 4 is 23.8 Å². The lowest BCUT2D eigenvalue weighted by Gasteiger charge is -2.13. The van der Waals surface area contributed by atoms with Crippen molar-refractivity contribution in [1.29, 1.82) is 0 Å². The van der Waals surface area contributed by atoms with Gasteiger partial charge in [0, 0.05) is 13.1 Å². The van der Waals surface area contributed by atoms with Crippen LogP contribution in [0, 0.1) is 0 Å². The van der Waals surface area contributed by atoms with Crippen molar-refractivity contribution in [2.45, 2.75) is 90.9 Å². The number of hydrogen-bond acceptors (Lipinski definition) is 4. The first-order valence-corrected chi connectivity index (χ1v) is 12.5. The maximum absolute atomic E-state index is 12.6. The zero-order valence-electron chi connectivity index (χ0n) is 20.6. The molecular formula is C26H40N2O6. The molecule has 0 unspecified atom stereocenters. The molecule has 0 aliphatic carbocycles. The van der Waals surface area contributed by atoms with Crippen molar-refractivity contribution < 1.29 is 29.4 Å². The van der Waals surface area contributed by atoms with Crippen molar-refractivity contribution in [1.82, 2.24) is 10.6 Å². The number of nitrogens with one attached hydrogen (secondary N) is 2. The molecule has 0 saturated carbocycles. The molecule has 0 fully saturated rings. The van der Waals surface area contributed by atoms with Crippen molar-refractivity contribution in [3.63, 3.8) is 0 Å². The monoisotopic (exact) mass is 476 g/mol. The molecule has 190 valence electrons. The summed E-state index contributed by atoms with van der Waals surface area (Å²) >= 11 is 0. The minimum Gasteiger partial charge on any atom is -0.478 e. The predicted octanol–water partition coefficient (Wildman–Crippen LogP) is 5.26. The highest BCUT2D eigenvalue weighted by Crippen LogP contribution is 2.19. The number of carboxylic acids is 2. The third kappa shape index (κ3) is 10.4. The van der Waals surface area contributed by atoms with Crippen molar-refractivity contribution in [3.05, 3.63) is 34.4 Å². The van der Waals surface area contributed by atoms with Gasteiger partial charge < -0.3 is 20.8 Å². The molecule has 0 saturated heterocycles. The van der Waals surface area contributed by atoms with E-state index in [2.05, 4.69) is 24.5 Å². The van der Waals surface area contributed by atoms with E-state index in [1.54, 1.807) is 0 Å². The van der Waals surface area contributed by atoms with Gasteiger partial charge in [0.15, 0.2) is 0 Å². The largest absolute Gasteiger partial charge is 0.478 e. The number of unbranched alkanes of at least 4 members (excludes halogenated alkanes) is 10. The first-order valence-electron chi connectivity index (χ1n) is 12.5. The molecule has 0 bridgehead atoms. The maximum Gasteiger partial charge on any atom is 0.336 e. The lowest BCUT2D eigenvalue weighted by Crippen LogP contribution is -2.30. The average Bonchev–Trinajstić information content (AvgIpc) is 2.81. The highest BCUT2D eigenvalue weighted by molar-refractivity contribution is 6.11. The van der Waals surface area contributed by atoms with Gasteiger partial charge in [-0.2, -0.15) is 0 Å². The summed E-state index contributed by atoms with van der Waals surface area (Å²) < 4.78 is 0. The van der Waals surface area contributed by atoms with Crippen LogP contribution in [-0.2, 0) is 0 Å². The molecule has 34 heavy (non-hydrogen) atoms. The highest BCUT2D eigenvalue weighted by atomic mass is 16.4. The molecule has 2 amide bonds. The van der Waals surface area contributed by atoms with Gasteiger partial charge >= 0.3 is 11.9 Å². The molecule has 1 aromatic carbocycles. The number of hydrogen-bond donors (Lipinski definition) is 4. The third-order valence-electron chi connectivity index (χ3n) is 5.74. The molecular weight excluding hydrogens is 436 g/mol. The minimum absolute atomic E-state index is 0.261. The molecule has 8 nitrogen and oxygen atoms in total. The second kappa shape index (κ2) is 16.7. The van der Waals surface area contributed by atoms with E-state index in [1.165, 1.54) is 12.8 Å². The van der Waals surface area contributed by atoms with E-state index in [0.717, 1.165) is 76.3 Å². The first kappa shape index (κ1) is 29.1. The van der Waals surface area contributed by atoms with Gasteiger partial charge in [0.2, 0.25) is 0 Å². The molecule has 1 aromatic rings. The molecule has 0 radical (unpaired) electrons. The van der Waals surface area contributed by atoms with Crippen LogP contribution in [0.4, 0.5) is 0 Å². The molecule has 0 aliphatic rings. The van der Waals surface area contributed by atoms with E-state index >= 15 is 0 Å². The summed E-state index contributed by atoms with van der Waals surface area (Å²) in [6, 6.07) is 1.98. The van der Waals surface area contributed by atoms with E-state index in [1.807, 2.05) is 0 Å². The molecule has 4 N–H and O–H groups in total. The van der Waals surface area contributed by atoms with Crippen LogP contribution >= 0.6 is 0 Å². The molecule has 0 aliphatic heterocycles. The molecule has 1 rings (SSSR count). The van der Waals surface area contributed by atoms with Gasteiger partial charge in [-0.25, -0.2) is 9.59 Å². The Morgan fingerprint density at radius 2 is 0.882 bits per heavy atom. The lowest BCUT2D eigenvalue weighted by molar-refractivity contribution is 0.0675. The first-order chi connectivity index (χ1) is 16.3. The summed E-state index contributed by atoms with van der Waals surface area (Å²) in [6.45, 7) is 5.01. The SMILES string of the molecule is CCCCCCCCNC(=O)c1cc(C(=O)O)c(C(=O)NCCCCCCCC)cc1C(=O)O. The van der Waals surface area contributed by atoms with Crippen LogP contribution in [0.1, 0.15) is 132 Å². The summed E-state index contributed by atoms with van der Waals surface area (Å²) in [5.74, 6) is -4.11. The van der Waals surface area contributed by atoms with E-state index < -0.39 is 34.9 Å². The predicted molar refractivity (Wildman–Crippen MR) is 132 cm³/mol. The smallest absolute Gasteiger partial charge is 0.336 e. The van der Waals surface area contributed by atoms with Gasteiger partial charge in [0.1, 0.15) is 0 Å². The molecule has 0 heterocycles. The second-order valence-electron chi connectivity index (χ2n) is 8.60. The summed E-state index contributed by atoms with van der Waals surface area (Å²) in [4.78, 5) is 48.8. The Hall–Kier alpha value is -2.90. The van der Waals surface area contributed by atoms with Gasteiger partial charge in [0.05, 0.1) is 22.3 Å². The summed E-state index contributed by atoms with van der Waals surface area (Å²) in [6.07, 6.45) is 12.4. The fourth-order valence-corrected chi connectivity index (χ4v) is 3.73. The summed E-state index contributed by atoms with van der Waals surface area (Å²) in [7, 11) is 0. The van der Waals surface area contributed by atoms with Gasteiger partial charge in [-0.1, -0.05) is 78.1 Å². The lowest BCUT2D eigenvalue weighted by atomic mass is 9.96. The maximum atomic E-state index is 12.6. The van der Waals surface area contributed by atoms with Crippen LogP contribution in [0.15, 0.2) is 12.1 Å². The van der Waals surface area contributed by atoms with Crippen LogP contribution in [0.25, 0.3) is 0 Å². The van der Waals surface area contributed by atoms with Crippen molar-refractivity contribution in [2.75, 3.05) is 13.1 Å². The topological polar surface area (TPSA) is 133 Å². The number of benzene rings is 1. The quantitative estimate of drug-likeness (QED) is 0.214. The second-order valence-corrected chi connectivity index (χ2v) is 8.60. The van der Waals surface area contributed by atoms with E-state index in [-0.39, 0.29) is 11.1 Å². The number of aromatic carboxylic acids is 2. The normalized spacial score (nSPS) is 10.6. The van der Waals surface area contributed by atoms with Gasteiger partial charge in [-0.15, -0.1) is 0 Å². The zero-order chi connectivity index (χ0) is 25.3. The Kier molecular flexibility index (Phi) is 14.3. The fourth-order valence-electron chi connectivity index (χ4n) is 3.73. The number of carboxylic acid groups (broad SMARTS) is 2. The Morgan fingerprint density at radius 3 is 1.21 bits per heavy atom. The number of carbonyl (C=O) groups is 4. The van der Waals surface area contributed by atoms with E-state index in [0.29, 0.717) is 13.1 Å². The number of carbonyl (C=O) groups excluding carboxylic acids is 2. The number of rotatable bonds is 18. The third-order valence-corrected chi connectivity index (χ3v) is 5.74. The molecule has 0 atom stereocenters. The summed E-state index contributed by atoms with van der Waals surface area (Å²) in [5.41, 5.74) is -1.31. The van der Waals surface area contributed by atoms with Crippen molar-refractivity contribution in [3.8, 4) is 0 Å². The summed E-state index contributed by atoms with van der Waals surface area (Å²) in [5, 5.41) is 24.5. The van der Waals surface area contributed by atoms with Crippen LogP contribution in [0.5, 0.6) is 0 Å². The Morgan fingerprint density at radius 1 is 0.559 bits per heavy atom. The van der Waals surface area contributed by atoms with E-state index in [4.69, 9.17) is 0 Å². The Labute approximate surface area is 202 Å². The van der Waals surface area contributed by atoms with Crippen molar-refractivity contribution in [2.24, 2.45) is 0 Å². The number of amides is 2. The van der Waals surface area contributed by atoms with Crippen LogP contribution in [-0.4, -0.2) is 47.1 Å². The van der Waals surface area contributed by atoms with Gasteiger partial charge in [-0.3, -0.25) is 9.59 Å².